The molecule has 4 nitrogen and oxygen atoms in total. The first-order valence-electron chi connectivity index (χ1n) is 8.38. The topological polar surface area (TPSA) is 35.2 Å². The monoisotopic (exact) mass is 310 g/mol. The molecule has 21 heavy (non-hydrogen) atoms. The highest BCUT2D eigenvalue weighted by atomic mass is 35.5. The lowest BCUT2D eigenvalue weighted by Gasteiger charge is -2.39. The molecule has 0 aromatic carbocycles. The molecule has 0 spiro atoms. The molecule has 1 saturated heterocycles. The second kappa shape index (κ2) is 6.67. The fraction of sp³-hybridized carbons (Fsp3) is 0.812. The molecule has 1 atom stereocenters. The molecule has 1 saturated carbocycles. The molecule has 0 bridgehead atoms. The van der Waals surface area contributed by atoms with Crippen LogP contribution in [0.5, 0.6) is 0 Å². The quantitative estimate of drug-likeness (QED) is 0.877. The molecule has 1 aliphatic carbocycles. The number of aryl methyl sites for hydroxylation is 1. The lowest BCUT2D eigenvalue weighted by atomic mass is 10.2. The van der Waals surface area contributed by atoms with E-state index in [1.807, 2.05) is 0 Å². The number of aromatic amines is 1. The maximum atomic E-state index is 6.30. The van der Waals surface area contributed by atoms with Gasteiger partial charge in [0.15, 0.2) is 5.15 Å². The number of aromatic nitrogens is 2. The Bertz CT molecular complexity index is 469. The number of hydrogen-bond donors (Lipinski definition) is 1. The summed E-state index contributed by atoms with van der Waals surface area (Å²) in [5.74, 6) is 1.04. The first kappa shape index (κ1) is 15.3. The molecule has 0 amide bonds. The Labute approximate surface area is 132 Å². The van der Waals surface area contributed by atoms with Gasteiger partial charge in [-0.05, 0) is 26.2 Å². The van der Waals surface area contributed by atoms with Crippen LogP contribution in [0.1, 0.15) is 51.0 Å². The molecule has 2 fully saturated rings. The van der Waals surface area contributed by atoms with Gasteiger partial charge < -0.3 is 4.98 Å². The van der Waals surface area contributed by atoms with Crippen LogP contribution in [0.4, 0.5) is 0 Å². The van der Waals surface area contributed by atoms with Crippen LogP contribution in [0.15, 0.2) is 0 Å². The summed E-state index contributed by atoms with van der Waals surface area (Å²) < 4.78 is 0. The van der Waals surface area contributed by atoms with Gasteiger partial charge in [-0.2, -0.15) is 0 Å². The Morgan fingerprint density at radius 2 is 2.14 bits per heavy atom. The van der Waals surface area contributed by atoms with E-state index in [9.17, 15) is 0 Å². The highest BCUT2D eigenvalue weighted by molar-refractivity contribution is 6.30. The van der Waals surface area contributed by atoms with Gasteiger partial charge in [0.05, 0.1) is 5.69 Å². The van der Waals surface area contributed by atoms with E-state index in [1.165, 1.54) is 38.8 Å². The molecule has 1 aromatic heterocycles. The lowest BCUT2D eigenvalue weighted by Crippen LogP contribution is -2.52. The van der Waals surface area contributed by atoms with Crippen LogP contribution in [-0.4, -0.2) is 51.5 Å². The highest BCUT2D eigenvalue weighted by Crippen LogP contribution is 2.29. The van der Waals surface area contributed by atoms with Gasteiger partial charge >= 0.3 is 0 Å². The second-order valence-electron chi connectivity index (χ2n) is 6.60. The molecule has 1 unspecified atom stereocenters. The average molecular weight is 311 g/mol. The minimum Gasteiger partial charge on any atom is -0.344 e. The van der Waals surface area contributed by atoms with Crippen LogP contribution in [0.2, 0.25) is 5.15 Å². The molecule has 1 N–H and O–H groups in total. The molecule has 0 radical (unpaired) electrons. The summed E-state index contributed by atoms with van der Waals surface area (Å²) in [5, 5.41) is 0.665. The zero-order valence-electron chi connectivity index (χ0n) is 13.2. The molecule has 118 valence electrons. The Morgan fingerprint density at radius 3 is 2.81 bits per heavy atom. The minimum atomic E-state index is 0.595. The van der Waals surface area contributed by atoms with E-state index in [-0.39, 0.29) is 0 Å². The third-order valence-corrected chi connectivity index (χ3v) is 5.08. The van der Waals surface area contributed by atoms with Crippen LogP contribution in [0.25, 0.3) is 0 Å². The Balaban J connectivity index is 1.57. The van der Waals surface area contributed by atoms with E-state index in [0.29, 0.717) is 11.2 Å². The summed E-state index contributed by atoms with van der Waals surface area (Å²) in [4.78, 5) is 13.1. The van der Waals surface area contributed by atoms with Crippen molar-refractivity contribution in [1.29, 1.82) is 0 Å². The Hall–Kier alpha value is -0.580. The number of piperazine rings is 1. The van der Waals surface area contributed by atoms with E-state index in [0.717, 1.165) is 37.1 Å². The van der Waals surface area contributed by atoms with Crippen molar-refractivity contribution in [2.24, 2.45) is 0 Å². The van der Waals surface area contributed by atoms with Crippen molar-refractivity contribution in [3.05, 3.63) is 16.7 Å². The minimum absolute atomic E-state index is 0.595. The summed E-state index contributed by atoms with van der Waals surface area (Å²) in [6, 6.07) is 1.48. The second-order valence-corrected chi connectivity index (χ2v) is 6.96. The summed E-state index contributed by atoms with van der Waals surface area (Å²) in [7, 11) is 0. The van der Waals surface area contributed by atoms with Gasteiger partial charge in [-0.3, -0.25) is 9.80 Å². The van der Waals surface area contributed by atoms with Crippen molar-refractivity contribution < 1.29 is 0 Å². The number of nitrogens with one attached hydrogen (secondary N) is 1. The van der Waals surface area contributed by atoms with Gasteiger partial charge in [-0.1, -0.05) is 24.9 Å². The summed E-state index contributed by atoms with van der Waals surface area (Å²) >= 11 is 6.30. The highest BCUT2D eigenvalue weighted by Gasteiger charge is 2.34. The molecule has 2 aliphatic rings. The average Bonchev–Trinajstić information content (AvgIpc) is 3.25. The summed E-state index contributed by atoms with van der Waals surface area (Å²) in [5.41, 5.74) is 1.09. The molecule has 1 aromatic rings. The van der Waals surface area contributed by atoms with Gasteiger partial charge in [0.25, 0.3) is 0 Å². The molecular formula is C16H27ClN4. The fourth-order valence-electron chi connectivity index (χ4n) is 3.24. The van der Waals surface area contributed by atoms with Crippen LogP contribution >= 0.6 is 11.6 Å². The van der Waals surface area contributed by atoms with E-state index >= 15 is 0 Å². The van der Waals surface area contributed by atoms with Gasteiger partial charge in [0, 0.05) is 44.7 Å². The van der Waals surface area contributed by atoms with E-state index in [4.69, 9.17) is 11.6 Å². The Kier molecular flexibility index (Phi) is 4.87. The van der Waals surface area contributed by atoms with Crippen molar-refractivity contribution >= 4 is 11.6 Å². The molecule has 1 aliphatic heterocycles. The van der Waals surface area contributed by atoms with Gasteiger partial charge in [0.2, 0.25) is 0 Å². The number of hydrogen-bond acceptors (Lipinski definition) is 3. The number of halogens is 1. The van der Waals surface area contributed by atoms with E-state index in [2.05, 4.69) is 33.6 Å². The predicted molar refractivity (Wildman–Crippen MR) is 86.7 cm³/mol. The van der Waals surface area contributed by atoms with Crippen LogP contribution < -0.4 is 0 Å². The van der Waals surface area contributed by atoms with Gasteiger partial charge in [-0.15, -0.1) is 0 Å². The van der Waals surface area contributed by atoms with Crippen molar-refractivity contribution in [3.63, 3.8) is 0 Å². The van der Waals surface area contributed by atoms with E-state index in [1.54, 1.807) is 0 Å². The van der Waals surface area contributed by atoms with Crippen LogP contribution in [-0.2, 0) is 13.0 Å². The molecule has 5 heteroatoms. The standard InChI is InChI=1S/C16H27ClN4/c1-3-4-5-15-18-14(16(17)19-15)11-20-8-9-21(10-12(20)2)13-6-7-13/h12-13H,3-11H2,1-2H3,(H,18,19). The predicted octanol–water partition coefficient (Wildman–Crippen LogP) is 3.07. The zero-order chi connectivity index (χ0) is 14.8. The summed E-state index contributed by atoms with van der Waals surface area (Å²) in [6.45, 7) is 8.96. The van der Waals surface area contributed by atoms with Crippen LogP contribution in [0, 0.1) is 0 Å². The fourth-order valence-corrected chi connectivity index (χ4v) is 3.45. The maximum Gasteiger partial charge on any atom is 0.151 e. The smallest absolute Gasteiger partial charge is 0.151 e. The zero-order valence-corrected chi connectivity index (χ0v) is 14.0. The van der Waals surface area contributed by atoms with Crippen LogP contribution in [0.3, 0.4) is 0 Å². The first-order valence-corrected chi connectivity index (χ1v) is 8.76. The molecular weight excluding hydrogens is 284 g/mol. The number of H-pyrrole nitrogens is 1. The van der Waals surface area contributed by atoms with E-state index < -0.39 is 0 Å². The lowest BCUT2D eigenvalue weighted by molar-refractivity contribution is 0.0721. The first-order chi connectivity index (χ1) is 10.2. The molecule has 2 heterocycles. The van der Waals surface area contributed by atoms with Crippen molar-refractivity contribution in [2.45, 2.75) is 64.6 Å². The largest absolute Gasteiger partial charge is 0.344 e. The summed E-state index contributed by atoms with van der Waals surface area (Å²) in [6.07, 6.45) is 6.16. The number of nitrogens with zero attached hydrogens (tertiary/aromatic N) is 3. The Morgan fingerprint density at radius 1 is 1.33 bits per heavy atom. The SMILES string of the molecule is CCCCc1nc(Cl)c(CN2CCN(C3CC3)CC2C)[nH]1. The van der Waals surface area contributed by atoms with Crippen molar-refractivity contribution in [1.82, 2.24) is 19.8 Å². The third-order valence-electron chi connectivity index (χ3n) is 4.77. The van der Waals surface area contributed by atoms with Gasteiger partial charge in [0.1, 0.15) is 5.82 Å². The van der Waals surface area contributed by atoms with Crippen molar-refractivity contribution in [2.75, 3.05) is 19.6 Å². The number of unbranched alkanes of at least 4 members (excludes halogenated alkanes) is 1. The number of rotatable bonds is 6. The normalized spacial score (nSPS) is 24.6. The number of imidazole rings is 1. The maximum absolute atomic E-state index is 6.30. The van der Waals surface area contributed by atoms with Crippen molar-refractivity contribution in [3.8, 4) is 0 Å². The van der Waals surface area contributed by atoms with Gasteiger partial charge in [-0.25, -0.2) is 4.98 Å². The molecule has 3 rings (SSSR count). The third kappa shape index (κ3) is 3.79.